The normalized spacial score (nSPS) is 24.7. The van der Waals surface area contributed by atoms with Gasteiger partial charge in [-0.15, -0.1) is 0 Å². The first-order valence-corrected chi connectivity index (χ1v) is 6.81. The van der Waals surface area contributed by atoms with Crippen molar-refractivity contribution in [1.29, 1.82) is 0 Å². The van der Waals surface area contributed by atoms with Crippen LogP contribution in [-0.4, -0.2) is 37.2 Å². The second-order valence-corrected chi connectivity index (χ2v) is 5.35. The third kappa shape index (κ3) is 3.55. The van der Waals surface area contributed by atoms with E-state index in [1.165, 1.54) is 5.56 Å². The Bertz CT molecular complexity index is 355. The van der Waals surface area contributed by atoms with Crippen LogP contribution >= 0.6 is 0 Å². The number of benzene rings is 1. The van der Waals surface area contributed by atoms with E-state index >= 15 is 0 Å². The van der Waals surface area contributed by atoms with Gasteiger partial charge < -0.3 is 10.5 Å². The summed E-state index contributed by atoms with van der Waals surface area (Å²) in [6, 6.07) is 10.5. The second-order valence-electron chi connectivity index (χ2n) is 5.35. The van der Waals surface area contributed by atoms with Gasteiger partial charge in [0.25, 0.3) is 0 Å². The van der Waals surface area contributed by atoms with Crippen LogP contribution in [0.25, 0.3) is 0 Å². The molecule has 1 saturated heterocycles. The van der Waals surface area contributed by atoms with Gasteiger partial charge in [-0.2, -0.15) is 0 Å². The summed E-state index contributed by atoms with van der Waals surface area (Å²) >= 11 is 0. The lowest BCUT2D eigenvalue weighted by atomic mass is 9.95. The lowest BCUT2D eigenvalue weighted by Crippen LogP contribution is -2.44. The Morgan fingerprint density at radius 3 is 2.78 bits per heavy atom. The molecule has 100 valence electrons. The number of nitrogens with two attached hydrogens (primary N) is 1. The number of ether oxygens (including phenoxy) is 1. The molecule has 1 heterocycles. The zero-order valence-electron chi connectivity index (χ0n) is 11.4. The van der Waals surface area contributed by atoms with E-state index in [0.29, 0.717) is 12.0 Å². The van der Waals surface area contributed by atoms with Crippen molar-refractivity contribution in [1.82, 2.24) is 4.90 Å². The zero-order valence-corrected chi connectivity index (χ0v) is 11.4. The van der Waals surface area contributed by atoms with Crippen LogP contribution < -0.4 is 5.73 Å². The summed E-state index contributed by atoms with van der Waals surface area (Å²) in [4.78, 5) is 2.46. The third-order valence-electron chi connectivity index (χ3n) is 3.67. The standard InChI is InChI=1S/C15H24N2O/c1-12(10-17-8-9-18-13(2)11-17)15(16)14-6-4-3-5-7-14/h3-7,12-13,15H,8-11,16H2,1-2H3. The molecule has 1 fully saturated rings. The summed E-state index contributed by atoms with van der Waals surface area (Å²) in [5, 5.41) is 0. The van der Waals surface area contributed by atoms with E-state index < -0.39 is 0 Å². The van der Waals surface area contributed by atoms with E-state index in [1.54, 1.807) is 0 Å². The Kier molecular flexibility index (Phi) is 4.75. The van der Waals surface area contributed by atoms with Crippen molar-refractivity contribution in [3.05, 3.63) is 35.9 Å². The average Bonchev–Trinajstić information content (AvgIpc) is 2.39. The molecule has 3 nitrogen and oxygen atoms in total. The topological polar surface area (TPSA) is 38.5 Å². The molecule has 3 heteroatoms. The van der Waals surface area contributed by atoms with Crippen LogP contribution in [0.5, 0.6) is 0 Å². The first kappa shape index (κ1) is 13.5. The maximum atomic E-state index is 6.33. The van der Waals surface area contributed by atoms with Crippen molar-refractivity contribution >= 4 is 0 Å². The van der Waals surface area contributed by atoms with E-state index in [4.69, 9.17) is 10.5 Å². The molecule has 0 spiro atoms. The smallest absolute Gasteiger partial charge is 0.0674 e. The molecule has 1 aromatic rings. The minimum Gasteiger partial charge on any atom is -0.376 e. The molecular weight excluding hydrogens is 224 g/mol. The van der Waals surface area contributed by atoms with Crippen LogP contribution in [-0.2, 0) is 4.74 Å². The summed E-state index contributed by atoms with van der Waals surface area (Å²) in [5.41, 5.74) is 7.56. The van der Waals surface area contributed by atoms with Crippen LogP contribution in [0.15, 0.2) is 30.3 Å². The van der Waals surface area contributed by atoms with Crippen molar-refractivity contribution < 1.29 is 4.74 Å². The fourth-order valence-corrected chi connectivity index (χ4v) is 2.58. The quantitative estimate of drug-likeness (QED) is 0.886. The second kappa shape index (κ2) is 6.32. The summed E-state index contributed by atoms with van der Waals surface area (Å²) < 4.78 is 5.56. The number of morpholine rings is 1. The van der Waals surface area contributed by atoms with Crippen molar-refractivity contribution in [3.63, 3.8) is 0 Å². The van der Waals surface area contributed by atoms with E-state index in [9.17, 15) is 0 Å². The summed E-state index contributed by atoms with van der Waals surface area (Å²) in [7, 11) is 0. The molecule has 1 aromatic carbocycles. The third-order valence-corrected chi connectivity index (χ3v) is 3.67. The molecule has 18 heavy (non-hydrogen) atoms. The molecule has 0 bridgehead atoms. The number of hydrogen-bond donors (Lipinski definition) is 1. The van der Waals surface area contributed by atoms with Crippen LogP contribution in [0.2, 0.25) is 0 Å². The SMILES string of the molecule is CC1CN(CC(C)C(N)c2ccccc2)CCO1. The Labute approximate surface area is 110 Å². The van der Waals surface area contributed by atoms with Gasteiger partial charge in [-0.05, 0) is 18.4 Å². The molecule has 1 aliphatic rings. The van der Waals surface area contributed by atoms with E-state index in [2.05, 4.69) is 43.0 Å². The average molecular weight is 248 g/mol. The highest BCUT2D eigenvalue weighted by Crippen LogP contribution is 2.20. The van der Waals surface area contributed by atoms with Crippen LogP contribution in [0, 0.1) is 5.92 Å². The fraction of sp³-hybridized carbons (Fsp3) is 0.600. The first-order valence-electron chi connectivity index (χ1n) is 6.81. The lowest BCUT2D eigenvalue weighted by Gasteiger charge is -2.34. The van der Waals surface area contributed by atoms with Gasteiger partial charge in [0.05, 0.1) is 12.7 Å². The molecule has 0 aromatic heterocycles. The lowest BCUT2D eigenvalue weighted by molar-refractivity contribution is -0.0233. The van der Waals surface area contributed by atoms with Gasteiger partial charge in [-0.1, -0.05) is 37.3 Å². The molecular formula is C15H24N2O. The molecule has 1 aliphatic heterocycles. The van der Waals surface area contributed by atoms with Crippen LogP contribution in [0.1, 0.15) is 25.5 Å². The van der Waals surface area contributed by atoms with Gasteiger partial charge in [0.2, 0.25) is 0 Å². The van der Waals surface area contributed by atoms with Gasteiger partial charge in [0.1, 0.15) is 0 Å². The zero-order chi connectivity index (χ0) is 13.0. The van der Waals surface area contributed by atoms with E-state index in [-0.39, 0.29) is 6.04 Å². The highest BCUT2D eigenvalue weighted by molar-refractivity contribution is 5.19. The van der Waals surface area contributed by atoms with Gasteiger partial charge in [0.15, 0.2) is 0 Å². The van der Waals surface area contributed by atoms with Gasteiger partial charge in [0, 0.05) is 25.7 Å². The van der Waals surface area contributed by atoms with Crippen molar-refractivity contribution in [2.45, 2.75) is 26.0 Å². The van der Waals surface area contributed by atoms with Crippen LogP contribution in [0.4, 0.5) is 0 Å². The van der Waals surface area contributed by atoms with Gasteiger partial charge >= 0.3 is 0 Å². The first-order chi connectivity index (χ1) is 8.66. The number of rotatable bonds is 4. The Morgan fingerprint density at radius 1 is 1.39 bits per heavy atom. The monoisotopic (exact) mass is 248 g/mol. The summed E-state index contributed by atoms with van der Waals surface area (Å²) in [5.74, 6) is 0.456. The minimum atomic E-state index is 0.115. The maximum absolute atomic E-state index is 6.33. The molecule has 3 unspecified atom stereocenters. The predicted octanol–water partition coefficient (Wildman–Crippen LogP) is 2.04. The molecule has 0 amide bonds. The molecule has 0 radical (unpaired) electrons. The predicted molar refractivity (Wildman–Crippen MR) is 74.4 cm³/mol. The Balaban J connectivity index is 1.89. The van der Waals surface area contributed by atoms with Crippen molar-refractivity contribution in [2.75, 3.05) is 26.2 Å². The van der Waals surface area contributed by atoms with Crippen molar-refractivity contribution in [3.8, 4) is 0 Å². The molecule has 0 aliphatic carbocycles. The van der Waals surface area contributed by atoms with Crippen molar-refractivity contribution in [2.24, 2.45) is 11.7 Å². The van der Waals surface area contributed by atoms with E-state index in [1.807, 2.05) is 6.07 Å². The number of hydrogen-bond acceptors (Lipinski definition) is 3. The molecule has 2 N–H and O–H groups in total. The highest BCUT2D eigenvalue weighted by Gasteiger charge is 2.22. The minimum absolute atomic E-state index is 0.115. The highest BCUT2D eigenvalue weighted by atomic mass is 16.5. The van der Waals surface area contributed by atoms with Gasteiger partial charge in [-0.3, -0.25) is 4.90 Å². The maximum Gasteiger partial charge on any atom is 0.0674 e. The number of nitrogens with zero attached hydrogens (tertiary/aromatic N) is 1. The summed E-state index contributed by atoms with van der Waals surface area (Å²) in [6.45, 7) is 8.30. The fourth-order valence-electron chi connectivity index (χ4n) is 2.58. The molecule has 0 saturated carbocycles. The molecule has 2 rings (SSSR count). The Morgan fingerprint density at radius 2 is 2.11 bits per heavy atom. The van der Waals surface area contributed by atoms with Gasteiger partial charge in [-0.25, -0.2) is 0 Å². The molecule has 3 atom stereocenters. The summed E-state index contributed by atoms with van der Waals surface area (Å²) in [6.07, 6.45) is 0.346. The van der Waals surface area contributed by atoms with E-state index in [0.717, 1.165) is 26.2 Å². The van der Waals surface area contributed by atoms with Crippen LogP contribution in [0.3, 0.4) is 0 Å². The Hall–Kier alpha value is -0.900. The largest absolute Gasteiger partial charge is 0.376 e.